The van der Waals surface area contributed by atoms with Crippen LogP contribution in [0.2, 0.25) is 0 Å². The lowest BCUT2D eigenvalue weighted by Gasteiger charge is -2.35. The SMILES string of the molecule is CCCNC(C)(CCCN1CCCCC1C)C(=O)OCC. The average Bonchev–Trinajstić information content (AvgIpc) is 2.47. The first-order valence-electron chi connectivity index (χ1n) is 8.69. The number of rotatable bonds is 9. The Morgan fingerprint density at radius 1 is 1.38 bits per heavy atom. The maximum absolute atomic E-state index is 12.2. The third-order valence-electron chi connectivity index (χ3n) is 4.55. The summed E-state index contributed by atoms with van der Waals surface area (Å²) in [7, 11) is 0. The largest absolute Gasteiger partial charge is 0.465 e. The van der Waals surface area contributed by atoms with E-state index < -0.39 is 5.54 Å². The normalized spacial score (nSPS) is 22.8. The van der Waals surface area contributed by atoms with Crippen LogP contribution in [0.1, 0.15) is 66.2 Å². The van der Waals surface area contributed by atoms with E-state index in [9.17, 15) is 4.79 Å². The Labute approximate surface area is 130 Å². The molecule has 0 amide bonds. The predicted octanol–water partition coefficient (Wildman–Crippen LogP) is 2.96. The fourth-order valence-corrected chi connectivity index (χ4v) is 3.08. The number of nitrogens with zero attached hydrogens (tertiary/aromatic N) is 1. The van der Waals surface area contributed by atoms with Crippen LogP contribution in [-0.4, -0.2) is 48.7 Å². The summed E-state index contributed by atoms with van der Waals surface area (Å²) in [6, 6.07) is 0.691. The minimum Gasteiger partial charge on any atom is -0.465 e. The summed E-state index contributed by atoms with van der Waals surface area (Å²) in [6.45, 7) is 11.9. The molecule has 0 bridgehead atoms. The van der Waals surface area contributed by atoms with E-state index in [1.165, 1.54) is 25.8 Å². The van der Waals surface area contributed by atoms with Gasteiger partial charge in [0.25, 0.3) is 0 Å². The van der Waals surface area contributed by atoms with Crippen LogP contribution < -0.4 is 5.32 Å². The van der Waals surface area contributed by atoms with Crippen molar-refractivity contribution in [1.29, 1.82) is 0 Å². The van der Waals surface area contributed by atoms with Gasteiger partial charge in [-0.25, -0.2) is 0 Å². The Balaban J connectivity index is 2.46. The molecule has 2 atom stereocenters. The fraction of sp³-hybridized carbons (Fsp3) is 0.941. The van der Waals surface area contributed by atoms with Crippen LogP contribution in [0.15, 0.2) is 0 Å². The standard InChI is InChI=1S/C17H34N2O2/c1-5-12-18-17(4,16(20)21-6-2)11-9-14-19-13-8-7-10-15(19)3/h15,18H,5-14H2,1-4H3. The summed E-state index contributed by atoms with van der Waals surface area (Å²) in [4.78, 5) is 14.8. The third kappa shape index (κ3) is 5.95. The molecule has 1 aliphatic heterocycles. The fourth-order valence-electron chi connectivity index (χ4n) is 3.08. The molecule has 1 aliphatic rings. The molecule has 0 spiro atoms. The zero-order chi connectivity index (χ0) is 15.7. The number of carbonyl (C=O) groups excluding carboxylic acids is 1. The number of likely N-dealkylation sites (tertiary alicyclic amines) is 1. The summed E-state index contributed by atoms with van der Waals surface area (Å²) in [5.41, 5.74) is -0.537. The molecule has 1 N–H and O–H groups in total. The van der Waals surface area contributed by atoms with Crippen molar-refractivity contribution in [3.63, 3.8) is 0 Å². The number of hydrogen-bond donors (Lipinski definition) is 1. The van der Waals surface area contributed by atoms with Crippen LogP contribution in [0.5, 0.6) is 0 Å². The van der Waals surface area contributed by atoms with Crippen molar-refractivity contribution in [2.75, 3.05) is 26.2 Å². The van der Waals surface area contributed by atoms with E-state index >= 15 is 0 Å². The molecule has 124 valence electrons. The van der Waals surface area contributed by atoms with E-state index in [1.54, 1.807) is 0 Å². The van der Waals surface area contributed by atoms with Crippen LogP contribution in [0.25, 0.3) is 0 Å². The number of nitrogens with one attached hydrogen (secondary N) is 1. The Hall–Kier alpha value is -0.610. The molecule has 0 aromatic heterocycles. The molecule has 2 unspecified atom stereocenters. The van der Waals surface area contributed by atoms with Gasteiger partial charge in [-0.2, -0.15) is 0 Å². The summed E-state index contributed by atoms with van der Waals surface area (Å²) in [6.07, 6.45) is 6.89. The molecule has 0 aromatic rings. The van der Waals surface area contributed by atoms with Crippen molar-refractivity contribution in [2.45, 2.75) is 77.8 Å². The van der Waals surface area contributed by atoms with Gasteiger partial charge in [-0.3, -0.25) is 4.79 Å². The molecule has 1 fully saturated rings. The Morgan fingerprint density at radius 2 is 2.14 bits per heavy atom. The smallest absolute Gasteiger partial charge is 0.326 e. The van der Waals surface area contributed by atoms with Gasteiger partial charge < -0.3 is 15.0 Å². The molecule has 4 heteroatoms. The lowest BCUT2D eigenvalue weighted by molar-refractivity contribution is -0.150. The number of carbonyl (C=O) groups is 1. The molecule has 1 rings (SSSR count). The Bertz CT molecular complexity index is 309. The van der Waals surface area contributed by atoms with Crippen molar-refractivity contribution in [1.82, 2.24) is 10.2 Å². The maximum atomic E-state index is 12.2. The Morgan fingerprint density at radius 3 is 2.76 bits per heavy atom. The van der Waals surface area contributed by atoms with Crippen LogP contribution in [0.4, 0.5) is 0 Å². The zero-order valence-corrected chi connectivity index (χ0v) is 14.4. The van der Waals surface area contributed by atoms with E-state index in [-0.39, 0.29) is 5.97 Å². The lowest BCUT2D eigenvalue weighted by Crippen LogP contribution is -2.51. The first-order chi connectivity index (χ1) is 10.0. The molecule has 21 heavy (non-hydrogen) atoms. The van der Waals surface area contributed by atoms with Gasteiger partial charge in [0.1, 0.15) is 5.54 Å². The highest BCUT2D eigenvalue weighted by Crippen LogP contribution is 2.20. The van der Waals surface area contributed by atoms with Gasteiger partial charge in [-0.05, 0) is 72.5 Å². The number of esters is 1. The van der Waals surface area contributed by atoms with Gasteiger partial charge >= 0.3 is 5.97 Å². The number of hydrogen-bond acceptors (Lipinski definition) is 4. The third-order valence-corrected chi connectivity index (χ3v) is 4.55. The van der Waals surface area contributed by atoms with Crippen molar-refractivity contribution in [3.05, 3.63) is 0 Å². The molecular weight excluding hydrogens is 264 g/mol. The molecule has 1 heterocycles. The van der Waals surface area contributed by atoms with Gasteiger partial charge in [-0.1, -0.05) is 13.3 Å². The highest BCUT2D eigenvalue weighted by atomic mass is 16.5. The molecular formula is C17H34N2O2. The maximum Gasteiger partial charge on any atom is 0.326 e. The van der Waals surface area contributed by atoms with Gasteiger partial charge in [0.15, 0.2) is 0 Å². The van der Waals surface area contributed by atoms with Crippen molar-refractivity contribution in [2.24, 2.45) is 0 Å². The number of piperidine rings is 1. The minimum absolute atomic E-state index is 0.106. The molecule has 0 aliphatic carbocycles. The lowest BCUT2D eigenvalue weighted by atomic mass is 9.94. The second-order valence-corrected chi connectivity index (χ2v) is 6.46. The van der Waals surface area contributed by atoms with E-state index in [0.29, 0.717) is 12.6 Å². The summed E-state index contributed by atoms with van der Waals surface area (Å²) in [5.74, 6) is -0.106. The highest BCUT2D eigenvalue weighted by molar-refractivity contribution is 5.80. The number of ether oxygens (including phenoxy) is 1. The van der Waals surface area contributed by atoms with E-state index in [0.717, 1.165) is 32.4 Å². The quantitative estimate of drug-likeness (QED) is 0.665. The van der Waals surface area contributed by atoms with Crippen LogP contribution in [-0.2, 0) is 9.53 Å². The van der Waals surface area contributed by atoms with Gasteiger partial charge in [0.05, 0.1) is 6.61 Å². The molecule has 0 saturated carbocycles. The second kappa shape index (κ2) is 9.42. The first-order valence-corrected chi connectivity index (χ1v) is 8.69. The summed E-state index contributed by atoms with van der Waals surface area (Å²) in [5, 5.41) is 3.39. The summed E-state index contributed by atoms with van der Waals surface area (Å²) < 4.78 is 5.25. The van der Waals surface area contributed by atoms with E-state index in [1.807, 2.05) is 13.8 Å². The summed E-state index contributed by atoms with van der Waals surface area (Å²) >= 11 is 0. The monoisotopic (exact) mass is 298 g/mol. The van der Waals surface area contributed by atoms with Crippen molar-refractivity contribution < 1.29 is 9.53 Å². The molecule has 4 nitrogen and oxygen atoms in total. The van der Waals surface area contributed by atoms with E-state index in [2.05, 4.69) is 24.1 Å². The molecule has 0 aromatic carbocycles. The van der Waals surface area contributed by atoms with Gasteiger partial charge in [-0.15, -0.1) is 0 Å². The predicted molar refractivity (Wildman–Crippen MR) is 87.5 cm³/mol. The van der Waals surface area contributed by atoms with Gasteiger partial charge in [0, 0.05) is 6.04 Å². The minimum atomic E-state index is -0.537. The van der Waals surface area contributed by atoms with Crippen LogP contribution >= 0.6 is 0 Å². The molecule has 0 radical (unpaired) electrons. The second-order valence-electron chi connectivity index (χ2n) is 6.46. The first kappa shape index (κ1) is 18.4. The average molecular weight is 298 g/mol. The van der Waals surface area contributed by atoms with E-state index in [4.69, 9.17) is 4.74 Å². The van der Waals surface area contributed by atoms with Gasteiger partial charge in [0.2, 0.25) is 0 Å². The van der Waals surface area contributed by atoms with Crippen LogP contribution in [0, 0.1) is 0 Å². The zero-order valence-electron chi connectivity index (χ0n) is 14.4. The topological polar surface area (TPSA) is 41.6 Å². The highest BCUT2D eigenvalue weighted by Gasteiger charge is 2.33. The van der Waals surface area contributed by atoms with Crippen molar-refractivity contribution in [3.8, 4) is 0 Å². The van der Waals surface area contributed by atoms with Crippen LogP contribution in [0.3, 0.4) is 0 Å². The molecule has 1 saturated heterocycles. The Kier molecular flexibility index (Phi) is 8.27. The van der Waals surface area contributed by atoms with Crippen molar-refractivity contribution >= 4 is 5.97 Å².